The second kappa shape index (κ2) is 6.39. The monoisotopic (exact) mass is 236 g/mol. The summed E-state index contributed by atoms with van der Waals surface area (Å²) in [5.74, 6) is 0.654. The summed E-state index contributed by atoms with van der Waals surface area (Å²) >= 11 is 0. The molecule has 0 amide bonds. The van der Waals surface area contributed by atoms with E-state index in [4.69, 9.17) is 0 Å². The average molecular weight is 236 g/mol. The Hall–Kier alpha value is -0.560. The minimum absolute atomic E-state index is 0.100. The summed E-state index contributed by atoms with van der Waals surface area (Å²) < 4.78 is 0. The van der Waals surface area contributed by atoms with E-state index in [2.05, 4.69) is 39.8 Å². The molecule has 0 radical (unpaired) electrons. The Labute approximate surface area is 107 Å². The van der Waals surface area contributed by atoms with Gasteiger partial charge in [0, 0.05) is 6.61 Å². The Kier molecular flexibility index (Phi) is 5.45. The van der Waals surface area contributed by atoms with Crippen LogP contribution in [0.4, 0.5) is 0 Å². The zero-order valence-corrected chi connectivity index (χ0v) is 11.9. The molecular formula is C16H28O. The highest BCUT2D eigenvalue weighted by Gasteiger charge is 2.33. The lowest BCUT2D eigenvalue weighted by molar-refractivity contribution is 0.0637. The third-order valence-corrected chi connectivity index (χ3v) is 4.25. The van der Waals surface area contributed by atoms with Crippen molar-refractivity contribution in [2.45, 2.75) is 59.8 Å². The molecule has 17 heavy (non-hydrogen) atoms. The zero-order valence-electron chi connectivity index (χ0n) is 11.9. The molecule has 98 valence electrons. The molecule has 0 aliphatic heterocycles. The number of aliphatic hydroxyl groups excluding tert-OH is 1. The van der Waals surface area contributed by atoms with Gasteiger partial charge in [-0.15, -0.1) is 0 Å². The van der Waals surface area contributed by atoms with Crippen molar-refractivity contribution >= 4 is 0 Å². The highest BCUT2D eigenvalue weighted by atomic mass is 16.3. The van der Waals surface area contributed by atoms with Gasteiger partial charge in [-0.05, 0) is 64.2 Å². The second-order valence-corrected chi connectivity index (χ2v) is 6.15. The summed E-state index contributed by atoms with van der Waals surface area (Å²) in [6, 6.07) is 0. The molecule has 1 heteroatoms. The van der Waals surface area contributed by atoms with Gasteiger partial charge in [0.15, 0.2) is 0 Å². The molecule has 0 saturated heterocycles. The molecule has 0 aromatic heterocycles. The molecule has 0 spiro atoms. The smallest absolute Gasteiger partial charge is 0.0487 e. The Bertz CT molecular complexity index is 297. The van der Waals surface area contributed by atoms with Crippen LogP contribution in [0.5, 0.6) is 0 Å². The molecule has 0 heterocycles. The molecule has 2 unspecified atom stereocenters. The highest BCUT2D eigenvalue weighted by Crippen LogP contribution is 2.40. The first-order valence-electron chi connectivity index (χ1n) is 6.88. The first kappa shape index (κ1) is 14.5. The van der Waals surface area contributed by atoms with Crippen LogP contribution in [-0.4, -0.2) is 11.7 Å². The lowest BCUT2D eigenvalue weighted by Gasteiger charge is -2.38. The summed E-state index contributed by atoms with van der Waals surface area (Å²) in [5.41, 5.74) is 3.00. The van der Waals surface area contributed by atoms with E-state index in [1.165, 1.54) is 24.0 Å². The average Bonchev–Trinajstić information content (AvgIpc) is 2.29. The molecule has 1 N–H and O–H groups in total. The van der Waals surface area contributed by atoms with Gasteiger partial charge in [-0.1, -0.05) is 30.2 Å². The molecule has 1 nitrogen and oxygen atoms in total. The molecular weight excluding hydrogens is 208 g/mol. The van der Waals surface area contributed by atoms with Crippen LogP contribution in [0.3, 0.4) is 0 Å². The van der Waals surface area contributed by atoms with E-state index >= 15 is 0 Å². The summed E-state index contributed by atoms with van der Waals surface area (Å²) in [6.45, 7) is 9.08. The third-order valence-electron chi connectivity index (χ3n) is 4.25. The molecule has 0 aromatic rings. The Morgan fingerprint density at radius 3 is 2.71 bits per heavy atom. The van der Waals surface area contributed by atoms with E-state index in [0.29, 0.717) is 12.5 Å². The highest BCUT2D eigenvalue weighted by molar-refractivity contribution is 5.05. The fourth-order valence-corrected chi connectivity index (χ4v) is 2.70. The minimum atomic E-state index is 0.100. The fourth-order valence-electron chi connectivity index (χ4n) is 2.70. The lowest BCUT2D eigenvalue weighted by atomic mass is 9.68. The van der Waals surface area contributed by atoms with Gasteiger partial charge in [-0.25, -0.2) is 0 Å². The molecule has 0 fully saturated rings. The minimum Gasteiger partial charge on any atom is -0.396 e. The van der Waals surface area contributed by atoms with Crippen molar-refractivity contribution in [3.63, 3.8) is 0 Å². The van der Waals surface area contributed by atoms with Crippen LogP contribution in [0.15, 0.2) is 23.3 Å². The van der Waals surface area contributed by atoms with Crippen LogP contribution in [0.1, 0.15) is 59.8 Å². The zero-order chi connectivity index (χ0) is 12.9. The number of aliphatic hydroxyl groups is 1. The maximum Gasteiger partial charge on any atom is 0.0487 e. The van der Waals surface area contributed by atoms with Crippen molar-refractivity contribution < 1.29 is 5.11 Å². The van der Waals surface area contributed by atoms with E-state index in [1.807, 2.05) is 0 Å². The quantitative estimate of drug-likeness (QED) is 0.698. The van der Waals surface area contributed by atoms with E-state index in [0.717, 1.165) is 19.3 Å². The molecule has 0 bridgehead atoms. The largest absolute Gasteiger partial charge is 0.396 e. The van der Waals surface area contributed by atoms with E-state index in [9.17, 15) is 5.11 Å². The van der Waals surface area contributed by atoms with E-state index in [1.54, 1.807) is 0 Å². The topological polar surface area (TPSA) is 20.2 Å². The first-order valence-corrected chi connectivity index (χ1v) is 6.88. The lowest BCUT2D eigenvalue weighted by Crippen LogP contribution is -2.32. The maximum absolute atomic E-state index is 9.73. The summed E-state index contributed by atoms with van der Waals surface area (Å²) in [4.78, 5) is 0. The Morgan fingerprint density at radius 2 is 2.24 bits per heavy atom. The van der Waals surface area contributed by atoms with Gasteiger partial charge in [-0.2, -0.15) is 0 Å². The fraction of sp³-hybridized carbons (Fsp3) is 0.750. The summed E-state index contributed by atoms with van der Waals surface area (Å²) in [7, 11) is 0. The molecule has 1 aliphatic rings. The normalized spacial score (nSPS) is 23.8. The second-order valence-electron chi connectivity index (χ2n) is 6.15. The van der Waals surface area contributed by atoms with Crippen molar-refractivity contribution in [2.75, 3.05) is 6.61 Å². The third kappa shape index (κ3) is 4.31. The first-order chi connectivity index (χ1) is 7.98. The Morgan fingerprint density at radius 1 is 1.53 bits per heavy atom. The van der Waals surface area contributed by atoms with Crippen LogP contribution >= 0.6 is 0 Å². The van der Waals surface area contributed by atoms with Crippen molar-refractivity contribution in [1.82, 2.24) is 0 Å². The van der Waals surface area contributed by atoms with Gasteiger partial charge in [0.25, 0.3) is 0 Å². The van der Waals surface area contributed by atoms with E-state index < -0.39 is 0 Å². The number of allylic oxidation sites excluding steroid dienone is 4. The molecule has 1 aliphatic carbocycles. The van der Waals surface area contributed by atoms with Crippen molar-refractivity contribution in [3.05, 3.63) is 23.3 Å². The van der Waals surface area contributed by atoms with Gasteiger partial charge < -0.3 is 5.11 Å². The standard InChI is InChI=1S/C16H28O/c1-13(2)6-5-11-16(4,12-17)15-9-7-14(3)8-10-15/h6-7,15,17H,5,8-12H2,1-4H3. The van der Waals surface area contributed by atoms with Gasteiger partial charge in [0.1, 0.15) is 0 Å². The van der Waals surface area contributed by atoms with Crippen LogP contribution in [0, 0.1) is 11.3 Å². The SMILES string of the molecule is CC(C)=CCCC(C)(CO)C1CC=C(C)CC1. The van der Waals surface area contributed by atoms with Crippen LogP contribution in [0.25, 0.3) is 0 Å². The predicted molar refractivity (Wildman–Crippen MR) is 75.0 cm³/mol. The number of hydrogen-bond donors (Lipinski definition) is 1. The van der Waals surface area contributed by atoms with Crippen LogP contribution in [0.2, 0.25) is 0 Å². The van der Waals surface area contributed by atoms with E-state index in [-0.39, 0.29) is 5.41 Å². The van der Waals surface area contributed by atoms with Crippen LogP contribution < -0.4 is 0 Å². The van der Waals surface area contributed by atoms with Crippen molar-refractivity contribution in [2.24, 2.45) is 11.3 Å². The predicted octanol–water partition coefficient (Wildman–Crippen LogP) is 4.48. The van der Waals surface area contributed by atoms with Crippen LogP contribution in [-0.2, 0) is 0 Å². The van der Waals surface area contributed by atoms with Gasteiger partial charge in [0.2, 0.25) is 0 Å². The molecule has 2 atom stereocenters. The Balaban J connectivity index is 2.58. The summed E-state index contributed by atoms with van der Waals surface area (Å²) in [5, 5.41) is 9.73. The van der Waals surface area contributed by atoms with Gasteiger partial charge in [0.05, 0.1) is 0 Å². The number of rotatable bonds is 5. The number of hydrogen-bond acceptors (Lipinski definition) is 1. The van der Waals surface area contributed by atoms with Gasteiger partial charge in [-0.3, -0.25) is 0 Å². The van der Waals surface area contributed by atoms with Crippen molar-refractivity contribution in [1.29, 1.82) is 0 Å². The summed E-state index contributed by atoms with van der Waals surface area (Å²) in [6.07, 6.45) is 10.5. The molecule has 0 aromatic carbocycles. The molecule has 0 saturated carbocycles. The molecule has 1 rings (SSSR count). The van der Waals surface area contributed by atoms with Gasteiger partial charge >= 0.3 is 0 Å². The maximum atomic E-state index is 9.73. The van der Waals surface area contributed by atoms with Crippen molar-refractivity contribution in [3.8, 4) is 0 Å².